The molecule has 0 spiro atoms. The first kappa shape index (κ1) is 8.41. The second kappa shape index (κ2) is 2.79. The van der Waals surface area contributed by atoms with Crippen LogP contribution in [0.3, 0.4) is 0 Å². The maximum atomic E-state index is 6.18. The highest BCUT2D eigenvalue weighted by Crippen LogP contribution is 2.51. The van der Waals surface area contributed by atoms with Crippen LogP contribution in [-0.4, -0.2) is 16.2 Å². The van der Waals surface area contributed by atoms with Crippen molar-refractivity contribution in [1.82, 2.24) is 10.1 Å². The summed E-state index contributed by atoms with van der Waals surface area (Å²) in [5.74, 6) is 3.19. The Kier molecular flexibility index (Phi) is 1.68. The minimum atomic E-state index is 0.244. The fraction of sp³-hybridized carbons (Fsp3) is 0.800. The summed E-state index contributed by atoms with van der Waals surface area (Å²) in [6, 6.07) is 0.244. The van der Waals surface area contributed by atoms with E-state index in [9.17, 15) is 0 Å². The zero-order chi connectivity index (χ0) is 9.71. The van der Waals surface area contributed by atoms with Crippen LogP contribution in [0.2, 0.25) is 0 Å². The summed E-state index contributed by atoms with van der Waals surface area (Å²) in [5.41, 5.74) is 6.18. The zero-order valence-corrected chi connectivity index (χ0v) is 8.31. The van der Waals surface area contributed by atoms with Crippen LogP contribution in [0, 0.1) is 18.8 Å². The summed E-state index contributed by atoms with van der Waals surface area (Å²) in [7, 11) is 0. The molecule has 0 amide bonds. The summed E-state index contributed by atoms with van der Waals surface area (Å²) in [6.45, 7) is 1.85. The van der Waals surface area contributed by atoms with E-state index >= 15 is 0 Å². The van der Waals surface area contributed by atoms with Crippen molar-refractivity contribution in [1.29, 1.82) is 0 Å². The summed E-state index contributed by atoms with van der Waals surface area (Å²) in [6.07, 6.45) is 3.83. The quantitative estimate of drug-likeness (QED) is 0.728. The van der Waals surface area contributed by atoms with Gasteiger partial charge in [-0.15, -0.1) is 0 Å². The second-order valence-electron chi connectivity index (χ2n) is 4.62. The summed E-state index contributed by atoms with van der Waals surface area (Å²) in [5, 5.41) is 3.84. The Morgan fingerprint density at radius 1 is 1.36 bits per heavy atom. The van der Waals surface area contributed by atoms with Crippen LogP contribution < -0.4 is 5.73 Å². The van der Waals surface area contributed by atoms with Crippen LogP contribution in [0.1, 0.15) is 36.9 Å². The molecule has 3 rings (SSSR count). The van der Waals surface area contributed by atoms with Gasteiger partial charge in [0.15, 0.2) is 5.82 Å². The summed E-state index contributed by atoms with van der Waals surface area (Å²) < 4.78 is 5.23. The third-order valence-electron chi connectivity index (χ3n) is 3.81. The molecule has 2 N–H and O–H groups in total. The Labute approximate surface area is 82.9 Å². The van der Waals surface area contributed by atoms with Gasteiger partial charge < -0.3 is 10.3 Å². The number of nitrogens with zero attached hydrogens (tertiary/aromatic N) is 2. The molecule has 1 aromatic heterocycles. The highest BCUT2D eigenvalue weighted by molar-refractivity contribution is 5.11. The van der Waals surface area contributed by atoms with Gasteiger partial charge in [-0.1, -0.05) is 5.16 Å². The highest BCUT2D eigenvalue weighted by Gasteiger charge is 2.48. The van der Waals surface area contributed by atoms with Crippen LogP contribution in [-0.2, 0) is 0 Å². The monoisotopic (exact) mass is 193 g/mol. The van der Waals surface area contributed by atoms with E-state index in [0.29, 0.717) is 17.8 Å². The van der Waals surface area contributed by atoms with Gasteiger partial charge in [0.1, 0.15) is 0 Å². The Balaban J connectivity index is 1.92. The SMILES string of the molecule is Cc1noc(C2C3CCC(C3)C2N)n1. The molecule has 2 aliphatic rings. The van der Waals surface area contributed by atoms with E-state index in [0.717, 1.165) is 11.7 Å². The number of rotatable bonds is 1. The highest BCUT2D eigenvalue weighted by atomic mass is 16.5. The van der Waals surface area contributed by atoms with Gasteiger partial charge in [-0.3, -0.25) is 0 Å². The average molecular weight is 193 g/mol. The van der Waals surface area contributed by atoms with Gasteiger partial charge in [-0.2, -0.15) is 4.98 Å². The van der Waals surface area contributed by atoms with Gasteiger partial charge in [-0.05, 0) is 38.0 Å². The molecule has 2 bridgehead atoms. The maximum Gasteiger partial charge on any atom is 0.231 e. The van der Waals surface area contributed by atoms with Crippen LogP contribution >= 0.6 is 0 Å². The van der Waals surface area contributed by atoms with Crippen molar-refractivity contribution in [3.05, 3.63) is 11.7 Å². The summed E-state index contributed by atoms with van der Waals surface area (Å²) >= 11 is 0. The lowest BCUT2D eigenvalue weighted by molar-refractivity contribution is 0.278. The molecule has 0 aliphatic heterocycles. The molecule has 76 valence electrons. The lowest BCUT2D eigenvalue weighted by Gasteiger charge is -2.24. The van der Waals surface area contributed by atoms with Crippen molar-refractivity contribution >= 4 is 0 Å². The van der Waals surface area contributed by atoms with E-state index < -0.39 is 0 Å². The fourth-order valence-corrected chi connectivity index (χ4v) is 3.15. The third kappa shape index (κ3) is 1.03. The molecule has 2 fully saturated rings. The average Bonchev–Trinajstić information content (AvgIpc) is 2.80. The first-order chi connectivity index (χ1) is 6.75. The minimum absolute atomic E-state index is 0.244. The van der Waals surface area contributed by atoms with Crippen molar-refractivity contribution in [2.75, 3.05) is 0 Å². The van der Waals surface area contributed by atoms with Gasteiger partial charge in [0.05, 0.1) is 5.92 Å². The molecule has 4 heteroatoms. The Morgan fingerprint density at radius 3 is 2.71 bits per heavy atom. The number of aryl methyl sites for hydroxylation is 1. The number of fused-ring (bicyclic) bond motifs is 2. The number of hydrogen-bond donors (Lipinski definition) is 1. The van der Waals surface area contributed by atoms with Gasteiger partial charge in [-0.25, -0.2) is 0 Å². The van der Waals surface area contributed by atoms with E-state index in [-0.39, 0.29) is 6.04 Å². The van der Waals surface area contributed by atoms with E-state index in [4.69, 9.17) is 10.3 Å². The zero-order valence-electron chi connectivity index (χ0n) is 8.31. The van der Waals surface area contributed by atoms with Gasteiger partial charge in [0, 0.05) is 6.04 Å². The van der Waals surface area contributed by atoms with Gasteiger partial charge in [0.2, 0.25) is 5.89 Å². The second-order valence-corrected chi connectivity index (χ2v) is 4.62. The molecule has 1 heterocycles. The lowest BCUT2D eigenvalue weighted by atomic mass is 9.85. The molecule has 4 unspecified atom stereocenters. The molecule has 0 radical (unpaired) electrons. The standard InChI is InChI=1S/C10H15N3O/c1-5-12-10(14-13-5)8-6-2-3-7(4-6)9(8)11/h6-9H,2-4,11H2,1H3. The largest absolute Gasteiger partial charge is 0.339 e. The van der Waals surface area contributed by atoms with Crippen molar-refractivity contribution in [2.24, 2.45) is 17.6 Å². The number of aromatic nitrogens is 2. The molecule has 1 aromatic rings. The van der Waals surface area contributed by atoms with Crippen LogP contribution in [0.25, 0.3) is 0 Å². The fourth-order valence-electron chi connectivity index (χ4n) is 3.15. The normalized spacial score (nSPS) is 40.7. The van der Waals surface area contributed by atoms with E-state index in [2.05, 4.69) is 10.1 Å². The first-order valence-electron chi connectivity index (χ1n) is 5.31. The van der Waals surface area contributed by atoms with Crippen molar-refractivity contribution in [3.63, 3.8) is 0 Å². The Morgan fingerprint density at radius 2 is 2.14 bits per heavy atom. The smallest absolute Gasteiger partial charge is 0.231 e. The minimum Gasteiger partial charge on any atom is -0.339 e. The lowest BCUT2D eigenvalue weighted by Crippen LogP contribution is -2.34. The number of nitrogens with two attached hydrogens (primary N) is 1. The Hall–Kier alpha value is -0.900. The van der Waals surface area contributed by atoms with E-state index in [1.165, 1.54) is 19.3 Å². The first-order valence-corrected chi connectivity index (χ1v) is 5.31. The van der Waals surface area contributed by atoms with Gasteiger partial charge >= 0.3 is 0 Å². The topological polar surface area (TPSA) is 64.9 Å². The molecule has 2 aliphatic carbocycles. The molecule has 2 saturated carbocycles. The van der Waals surface area contributed by atoms with Crippen molar-refractivity contribution < 1.29 is 4.52 Å². The van der Waals surface area contributed by atoms with Crippen LogP contribution in [0.4, 0.5) is 0 Å². The maximum absolute atomic E-state index is 6.18. The third-order valence-corrected chi connectivity index (χ3v) is 3.81. The van der Waals surface area contributed by atoms with E-state index in [1.807, 2.05) is 6.92 Å². The molecular weight excluding hydrogens is 178 g/mol. The predicted octanol–water partition coefficient (Wildman–Crippen LogP) is 1.22. The molecule has 4 atom stereocenters. The predicted molar refractivity (Wildman–Crippen MR) is 50.6 cm³/mol. The van der Waals surface area contributed by atoms with Crippen LogP contribution in [0.5, 0.6) is 0 Å². The summed E-state index contributed by atoms with van der Waals surface area (Å²) in [4.78, 5) is 4.30. The van der Waals surface area contributed by atoms with Gasteiger partial charge in [0.25, 0.3) is 0 Å². The number of hydrogen-bond acceptors (Lipinski definition) is 4. The molecular formula is C10H15N3O. The van der Waals surface area contributed by atoms with Crippen molar-refractivity contribution in [3.8, 4) is 0 Å². The molecule has 0 aromatic carbocycles. The van der Waals surface area contributed by atoms with Crippen LogP contribution in [0.15, 0.2) is 4.52 Å². The molecule has 14 heavy (non-hydrogen) atoms. The molecule has 0 saturated heterocycles. The molecule has 4 nitrogen and oxygen atoms in total. The Bertz CT molecular complexity index is 347. The van der Waals surface area contributed by atoms with E-state index in [1.54, 1.807) is 0 Å². The van der Waals surface area contributed by atoms with Crippen molar-refractivity contribution in [2.45, 2.75) is 38.1 Å².